The van der Waals surface area contributed by atoms with Gasteiger partial charge in [-0.25, -0.2) is 9.18 Å². The molecule has 5 aromatic rings. The van der Waals surface area contributed by atoms with Crippen LogP contribution in [0.4, 0.5) is 4.39 Å². The van der Waals surface area contributed by atoms with Crippen molar-refractivity contribution in [3.05, 3.63) is 110 Å². The zero-order valence-electron chi connectivity index (χ0n) is 22.3. The van der Waals surface area contributed by atoms with Gasteiger partial charge in [-0.05, 0) is 60.0 Å². The first kappa shape index (κ1) is 28.3. The van der Waals surface area contributed by atoms with E-state index >= 15 is 0 Å². The van der Waals surface area contributed by atoms with Gasteiger partial charge in [0.1, 0.15) is 11.9 Å². The Bertz CT molecular complexity index is 1900. The summed E-state index contributed by atoms with van der Waals surface area (Å²) in [6, 6.07) is 15.1. The van der Waals surface area contributed by atoms with Crippen molar-refractivity contribution < 1.29 is 18.7 Å². The van der Waals surface area contributed by atoms with Crippen LogP contribution < -0.4 is 10.9 Å². The van der Waals surface area contributed by atoms with E-state index in [1.54, 1.807) is 43.6 Å². The molecule has 0 saturated heterocycles. The highest BCUT2D eigenvalue weighted by atomic mass is 35.5. The number of esters is 1. The number of hydrogen-bond donors (Lipinski definition) is 1. The predicted molar refractivity (Wildman–Crippen MR) is 158 cm³/mol. The Morgan fingerprint density at radius 3 is 2.49 bits per heavy atom. The van der Waals surface area contributed by atoms with E-state index in [1.807, 2.05) is 13.0 Å². The second-order valence-electron chi connectivity index (χ2n) is 9.55. The molecule has 5 rings (SSSR count). The van der Waals surface area contributed by atoms with Gasteiger partial charge in [-0.2, -0.15) is 0 Å². The first-order chi connectivity index (χ1) is 19.6. The minimum absolute atomic E-state index is 0.0439. The summed E-state index contributed by atoms with van der Waals surface area (Å²) in [5.74, 6) is -1.72. The van der Waals surface area contributed by atoms with Crippen LogP contribution in [0, 0.1) is 12.7 Å². The topological polar surface area (TPSA) is 90.3 Å². The maximum absolute atomic E-state index is 14.0. The minimum Gasteiger partial charge on any atom is -0.467 e. The molecule has 3 aromatic carbocycles. The molecule has 10 heteroatoms. The van der Waals surface area contributed by atoms with Crippen LogP contribution in [-0.2, 0) is 23.0 Å². The van der Waals surface area contributed by atoms with Crippen molar-refractivity contribution in [3.63, 3.8) is 0 Å². The summed E-state index contributed by atoms with van der Waals surface area (Å²) in [6.07, 6.45) is 1.65. The summed E-state index contributed by atoms with van der Waals surface area (Å²) in [5, 5.41) is 4.39. The predicted octanol–water partition coefficient (Wildman–Crippen LogP) is 6.02. The smallest absolute Gasteiger partial charge is 0.328 e. The first-order valence-corrected chi connectivity index (χ1v) is 13.4. The van der Waals surface area contributed by atoms with Gasteiger partial charge in [-0.3, -0.25) is 14.6 Å². The molecule has 1 amide bonds. The van der Waals surface area contributed by atoms with E-state index in [0.717, 1.165) is 5.39 Å². The quantitative estimate of drug-likeness (QED) is 0.244. The number of benzene rings is 3. The summed E-state index contributed by atoms with van der Waals surface area (Å²) < 4.78 is 20.4. The van der Waals surface area contributed by atoms with Crippen LogP contribution >= 0.6 is 23.2 Å². The van der Waals surface area contributed by atoms with Crippen molar-refractivity contribution in [3.8, 4) is 11.1 Å². The molecule has 1 atom stereocenters. The summed E-state index contributed by atoms with van der Waals surface area (Å²) >= 11 is 12.4. The minimum atomic E-state index is -1.08. The molecule has 208 valence electrons. The van der Waals surface area contributed by atoms with Crippen molar-refractivity contribution in [2.24, 2.45) is 7.05 Å². The number of amides is 1. The molecular weight excluding hydrogens is 568 g/mol. The molecule has 1 N–H and O–H groups in total. The average Bonchev–Trinajstić information content (AvgIpc) is 2.96. The standard InChI is InChI=1S/C31H24Cl2FN3O4/c1-16-19-12-10-18(34)15-25(19)37(2)30(39)26(16)20-11-9-17(28-21(20)6-5-13-35-28)14-24(31(40)41-3)36-29(38)27-22(32)7-4-8-23(27)33/h4-13,15,24H,14H2,1-3H3,(H,36,38)/t24-/m0/s1. The Morgan fingerprint density at radius 1 is 1.05 bits per heavy atom. The van der Waals surface area contributed by atoms with Crippen molar-refractivity contribution in [1.29, 1.82) is 0 Å². The highest BCUT2D eigenvalue weighted by Gasteiger charge is 2.26. The van der Waals surface area contributed by atoms with Crippen LogP contribution in [0.15, 0.2) is 71.7 Å². The molecule has 7 nitrogen and oxygen atoms in total. The Balaban J connectivity index is 1.60. The molecule has 0 unspecified atom stereocenters. The lowest BCUT2D eigenvalue weighted by atomic mass is 9.92. The molecule has 0 fully saturated rings. The summed E-state index contributed by atoms with van der Waals surface area (Å²) in [6.45, 7) is 1.83. The molecule has 41 heavy (non-hydrogen) atoms. The SMILES string of the molecule is COC(=O)[C@H](Cc1ccc(-c2c(C)c3ccc(F)cc3n(C)c2=O)c2cccnc12)NC(=O)c1c(Cl)cccc1Cl. The molecule has 0 saturated carbocycles. The Labute approximate surface area is 244 Å². The normalized spacial score (nSPS) is 12.0. The van der Waals surface area contributed by atoms with Crippen LogP contribution in [-0.4, -0.2) is 34.6 Å². The van der Waals surface area contributed by atoms with Crippen LogP contribution in [0.3, 0.4) is 0 Å². The number of aryl methyl sites for hydroxylation is 2. The number of fused-ring (bicyclic) bond motifs is 2. The van der Waals surface area contributed by atoms with Crippen LogP contribution in [0.5, 0.6) is 0 Å². The first-order valence-electron chi connectivity index (χ1n) is 12.6. The fourth-order valence-electron chi connectivity index (χ4n) is 5.10. The van der Waals surface area contributed by atoms with Gasteiger partial charge in [0.2, 0.25) is 0 Å². The highest BCUT2D eigenvalue weighted by Crippen LogP contribution is 2.33. The second-order valence-corrected chi connectivity index (χ2v) is 10.4. The molecule has 0 bridgehead atoms. The molecule has 0 spiro atoms. The second kappa shape index (κ2) is 11.3. The number of nitrogens with one attached hydrogen (secondary N) is 1. The number of methoxy groups -OCH3 is 1. The van der Waals surface area contributed by atoms with Crippen LogP contribution in [0.1, 0.15) is 21.5 Å². The van der Waals surface area contributed by atoms with Crippen molar-refractivity contribution in [2.45, 2.75) is 19.4 Å². The van der Waals surface area contributed by atoms with Gasteiger partial charge in [0.15, 0.2) is 0 Å². The van der Waals surface area contributed by atoms with E-state index < -0.39 is 23.7 Å². The number of rotatable bonds is 6. The zero-order chi connectivity index (χ0) is 29.4. The van der Waals surface area contributed by atoms with Gasteiger partial charge < -0.3 is 14.6 Å². The van der Waals surface area contributed by atoms with Gasteiger partial charge in [0, 0.05) is 30.4 Å². The van der Waals surface area contributed by atoms with E-state index in [4.69, 9.17) is 27.9 Å². The third kappa shape index (κ3) is 5.16. The van der Waals surface area contributed by atoms with Crippen molar-refractivity contribution in [1.82, 2.24) is 14.9 Å². The zero-order valence-corrected chi connectivity index (χ0v) is 23.8. The van der Waals surface area contributed by atoms with E-state index in [1.165, 1.54) is 35.9 Å². The number of nitrogens with zero attached hydrogens (tertiary/aromatic N) is 2. The van der Waals surface area contributed by atoms with Crippen molar-refractivity contribution in [2.75, 3.05) is 7.11 Å². The number of pyridine rings is 2. The van der Waals surface area contributed by atoms with Gasteiger partial charge in [-0.15, -0.1) is 0 Å². The Hall–Kier alpha value is -4.27. The van der Waals surface area contributed by atoms with E-state index in [2.05, 4.69) is 10.3 Å². The van der Waals surface area contributed by atoms with Gasteiger partial charge in [0.05, 0.1) is 39.3 Å². The maximum atomic E-state index is 14.0. The number of carbonyl (C=O) groups excluding carboxylic acids is 2. The van der Waals surface area contributed by atoms with Gasteiger partial charge in [0.25, 0.3) is 11.5 Å². The molecule has 2 heterocycles. The van der Waals surface area contributed by atoms with Gasteiger partial charge in [-0.1, -0.05) is 47.5 Å². The van der Waals surface area contributed by atoms with Gasteiger partial charge >= 0.3 is 5.97 Å². The summed E-state index contributed by atoms with van der Waals surface area (Å²) in [4.78, 5) is 44.0. The van der Waals surface area contributed by atoms with E-state index in [0.29, 0.717) is 38.7 Å². The molecular formula is C31H24Cl2FN3O4. The number of ether oxygens (including phenoxy) is 1. The van der Waals surface area contributed by atoms with Crippen LogP contribution in [0.2, 0.25) is 10.0 Å². The maximum Gasteiger partial charge on any atom is 0.328 e. The fourth-order valence-corrected chi connectivity index (χ4v) is 5.67. The highest BCUT2D eigenvalue weighted by molar-refractivity contribution is 6.39. The number of aromatic nitrogens is 2. The lowest BCUT2D eigenvalue weighted by molar-refractivity contribution is -0.142. The molecule has 2 aromatic heterocycles. The summed E-state index contributed by atoms with van der Waals surface area (Å²) in [5.41, 5.74) is 3.25. The Morgan fingerprint density at radius 2 is 1.78 bits per heavy atom. The van der Waals surface area contributed by atoms with E-state index in [-0.39, 0.29) is 27.6 Å². The molecule has 0 radical (unpaired) electrons. The molecule has 0 aliphatic heterocycles. The van der Waals surface area contributed by atoms with Crippen LogP contribution in [0.25, 0.3) is 32.9 Å². The molecule has 0 aliphatic carbocycles. The number of carbonyl (C=O) groups is 2. The lowest BCUT2D eigenvalue weighted by Crippen LogP contribution is -2.43. The summed E-state index contributed by atoms with van der Waals surface area (Å²) in [7, 11) is 2.84. The number of hydrogen-bond acceptors (Lipinski definition) is 5. The Kier molecular flexibility index (Phi) is 7.80. The average molecular weight is 592 g/mol. The van der Waals surface area contributed by atoms with E-state index in [9.17, 15) is 18.8 Å². The lowest BCUT2D eigenvalue weighted by Gasteiger charge is -2.19. The third-order valence-electron chi connectivity index (χ3n) is 7.15. The third-order valence-corrected chi connectivity index (χ3v) is 7.78. The monoisotopic (exact) mass is 591 g/mol. The largest absolute Gasteiger partial charge is 0.467 e. The van der Waals surface area contributed by atoms with Crippen molar-refractivity contribution >= 4 is 56.9 Å². The fraction of sp³-hybridized carbons (Fsp3) is 0.161. The molecule has 0 aliphatic rings. The number of halogens is 3.